The Kier molecular flexibility index (Phi) is 9.20. The highest BCUT2D eigenvalue weighted by atomic mass is 35.5. The number of benzene rings is 2. The van der Waals surface area contributed by atoms with Crippen molar-refractivity contribution in [1.82, 2.24) is 30.9 Å². The Morgan fingerprint density at radius 3 is 2.56 bits per heavy atom. The van der Waals surface area contributed by atoms with Crippen LogP contribution in [0.2, 0.25) is 10.0 Å². The van der Waals surface area contributed by atoms with Gasteiger partial charge in [-0.2, -0.15) is 9.82 Å². The number of nitrogens with one attached hydrogen (secondary N) is 5. The van der Waals surface area contributed by atoms with Gasteiger partial charge in [-0.05, 0) is 56.5 Å². The number of aliphatic imine (C=N–C) groups is 1. The molecule has 2 aromatic carbocycles. The minimum absolute atomic E-state index is 0.116. The number of rotatable bonds is 12. The SMILES string of the molecule is O=C(NC(CCCCNC1N=CCCN1)(NS(=O)(=O)c1c(Cl)cccc1Cl)C(=O)O)c1cccc2[nH]ncc12. The summed E-state index contributed by atoms with van der Waals surface area (Å²) in [5.41, 5.74) is -1.76. The van der Waals surface area contributed by atoms with Crippen LogP contribution in [-0.4, -0.2) is 66.9 Å². The molecule has 3 aromatic rings. The Morgan fingerprint density at radius 1 is 1.13 bits per heavy atom. The summed E-state index contributed by atoms with van der Waals surface area (Å²) >= 11 is 12.2. The number of unbranched alkanes of at least 4 members (excludes halogenated alkanes) is 1. The molecule has 0 fully saturated rings. The topological polar surface area (TPSA) is 178 Å². The molecule has 208 valence electrons. The quantitative estimate of drug-likeness (QED) is 0.136. The third kappa shape index (κ3) is 6.75. The van der Waals surface area contributed by atoms with E-state index in [2.05, 4.69) is 35.9 Å². The second-order valence-corrected chi connectivity index (χ2v) is 11.3. The van der Waals surface area contributed by atoms with Crippen molar-refractivity contribution in [2.45, 2.75) is 42.5 Å². The summed E-state index contributed by atoms with van der Waals surface area (Å²) in [6.45, 7) is 1.25. The summed E-state index contributed by atoms with van der Waals surface area (Å²) in [4.78, 5) is 29.9. The van der Waals surface area contributed by atoms with Gasteiger partial charge >= 0.3 is 5.97 Å². The zero-order valence-electron chi connectivity index (χ0n) is 20.6. The molecule has 0 radical (unpaired) electrons. The molecular formula is C24H27Cl2N7O5S. The van der Waals surface area contributed by atoms with Crippen molar-refractivity contribution in [3.05, 3.63) is 58.2 Å². The van der Waals surface area contributed by atoms with Gasteiger partial charge in [0.25, 0.3) is 5.91 Å². The van der Waals surface area contributed by atoms with Gasteiger partial charge in [0.1, 0.15) is 4.90 Å². The van der Waals surface area contributed by atoms with E-state index in [1.165, 1.54) is 30.5 Å². The number of sulfonamides is 1. The van der Waals surface area contributed by atoms with Crippen LogP contribution in [0.5, 0.6) is 0 Å². The Morgan fingerprint density at radius 2 is 1.87 bits per heavy atom. The van der Waals surface area contributed by atoms with Crippen LogP contribution in [0, 0.1) is 0 Å². The van der Waals surface area contributed by atoms with Crippen molar-refractivity contribution in [2.24, 2.45) is 4.99 Å². The molecule has 1 aromatic heterocycles. The number of nitrogens with zero attached hydrogens (tertiary/aromatic N) is 2. The van der Waals surface area contributed by atoms with E-state index in [4.69, 9.17) is 23.2 Å². The van der Waals surface area contributed by atoms with E-state index < -0.39 is 32.5 Å². The molecule has 2 unspecified atom stereocenters. The smallest absolute Gasteiger partial charge is 0.345 e. The molecule has 4 rings (SSSR count). The largest absolute Gasteiger partial charge is 0.478 e. The Hall–Kier alpha value is -3.07. The van der Waals surface area contributed by atoms with Crippen LogP contribution in [-0.2, 0) is 14.8 Å². The standard InChI is InChI=1S/C24H27Cl2N7O5S/c25-17-7-4-8-18(26)20(17)39(37,38)33-24(22(35)36,10-1-2-11-27-23-28-12-5-13-29-23)31-21(34)15-6-3-9-19-16(15)14-30-32-19/h3-4,6-9,12,14,23,27,29,33H,1-2,5,10-11,13H2,(H,30,32)(H,31,34)(H,35,36). The van der Waals surface area contributed by atoms with Gasteiger partial charge in [-0.25, -0.2) is 13.2 Å². The molecule has 12 nitrogen and oxygen atoms in total. The van der Waals surface area contributed by atoms with Gasteiger partial charge in [0, 0.05) is 18.1 Å². The molecule has 0 aliphatic carbocycles. The van der Waals surface area contributed by atoms with Gasteiger partial charge in [0.2, 0.25) is 15.7 Å². The van der Waals surface area contributed by atoms with Gasteiger partial charge in [-0.1, -0.05) is 35.3 Å². The van der Waals surface area contributed by atoms with Crippen LogP contribution < -0.4 is 20.7 Å². The number of carbonyl (C=O) groups is 2. The lowest BCUT2D eigenvalue weighted by Crippen LogP contribution is -2.65. The zero-order chi connectivity index (χ0) is 28.0. The van der Waals surface area contributed by atoms with E-state index in [1.54, 1.807) is 12.1 Å². The van der Waals surface area contributed by atoms with Crippen molar-refractivity contribution in [3.8, 4) is 0 Å². The minimum Gasteiger partial charge on any atom is -0.478 e. The molecule has 0 saturated carbocycles. The van der Waals surface area contributed by atoms with Crippen LogP contribution in [0.15, 0.2) is 52.5 Å². The number of aliphatic carboxylic acids is 1. The van der Waals surface area contributed by atoms with Crippen molar-refractivity contribution >= 4 is 62.2 Å². The van der Waals surface area contributed by atoms with E-state index in [9.17, 15) is 23.1 Å². The number of carboxylic acid groups (broad SMARTS) is 1. The summed E-state index contributed by atoms with van der Waals surface area (Å²) in [5, 5.41) is 25.8. The van der Waals surface area contributed by atoms with Crippen LogP contribution in [0.1, 0.15) is 36.0 Å². The third-order valence-electron chi connectivity index (χ3n) is 6.10. The number of hydrogen-bond acceptors (Lipinski definition) is 8. The molecular weight excluding hydrogens is 569 g/mol. The first kappa shape index (κ1) is 28.9. The summed E-state index contributed by atoms with van der Waals surface area (Å²) in [5.74, 6) is -2.41. The van der Waals surface area contributed by atoms with E-state index in [0.717, 1.165) is 13.0 Å². The first-order valence-corrected chi connectivity index (χ1v) is 14.3. The van der Waals surface area contributed by atoms with Crippen LogP contribution >= 0.6 is 23.2 Å². The molecule has 6 N–H and O–H groups in total. The van der Waals surface area contributed by atoms with Crippen molar-refractivity contribution in [3.63, 3.8) is 0 Å². The highest BCUT2D eigenvalue weighted by Crippen LogP contribution is 2.30. The lowest BCUT2D eigenvalue weighted by Gasteiger charge is -2.32. The Balaban J connectivity index is 1.61. The van der Waals surface area contributed by atoms with E-state index in [1.807, 2.05) is 6.21 Å². The summed E-state index contributed by atoms with van der Waals surface area (Å²) in [7, 11) is -4.62. The maximum absolute atomic E-state index is 13.4. The summed E-state index contributed by atoms with van der Waals surface area (Å²) in [6.07, 6.45) is 4.23. The maximum atomic E-state index is 13.4. The predicted molar refractivity (Wildman–Crippen MR) is 147 cm³/mol. The monoisotopic (exact) mass is 595 g/mol. The van der Waals surface area contributed by atoms with Crippen LogP contribution in [0.3, 0.4) is 0 Å². The van der Waals surface area contributed by atoms with Gasteiger partial charge in [-0.3, -0.25) is 25.5 Å². The van der Waals surface area contributed by atoms with Crippen LogP contribution in [0.4, 0.5) is 0 Å². The van der Waals surface area contributed by atoms with Crippen molar-refractivity contribution in [1.29, 1.82) is 0 Å². The number of fused-ring (bicyclic) bond motifs is 1. The summed E-state index contributed by atoms with van der Waals surface area (Å²) in [6, 6.07) is 8.87. The Labute approximate surface area is 234 Å². The third-order valence-corrected chi connectivity index (χ3v) is 8.55. The lowest BCUT2D eigenvalue weighted by molar-refractivity contribution is -0.145. The average Bonchev–Trinajstić information content (AvgIpc) is 3.37. The van der Waals surface area contributed by atoms with Gasteiger partial charge in [-0.15, -0.1) is 0 Å². The number of halogens is 2. The van der Waals surface area contributed by atoms with Gasteiger partial charge in [0.15, 0.2) is 6.29 Å². The molecule has 0 saturated heterocycles. The number of carbonyl (C=O) groups excluding carboxylic acids is 1. The fraction of sp³-hybridized carbons (Fsp3) is 0.333. The number of aromatic amines is 1. The molecule has 2 atom stereocenters. The van der Waals surface area contributed by atoms with Gasteiger partial charge in [0.05, 0.1) is 27.3 Å². The lowest BCUT2D eigenvalue weighted by atomic mass is 10.0. The Bertz CT molecular complexity index is 1480. The number of amides is 1. The molecule has 1 amide bonds. The zero-order valence-corrected chi connectivity index (χ0v) is 22.9. The number of carboxylic acids is 1. The van der Waals surface area contributed by atoms with E-state index in [-0.39, 0.29) is 34.7 Å². The molecule has 2 heterocycles. The second kappa shape index (κ2) is 12.4. The average molecular weight is 596 g/mol. The van der Waals surface area contributed by atoms with E-state index >= 15 is 0 Å². The number of hydrogen-bond donors (Lipinski definition) is 6. The first-order chi connectivity index (χ1) is 18.6. The highest BCUT2D eigenvalue weighted by molar-refractivity contribution is 7.89. The minimum atomic E-state index is -4.62. The maximum Gasteiger partial charge on any atom is 0.345 e. The fourth-order valence-corrected chi connectivity index (χ4v) is 6.64. The van der Waals surface area contributed by atoms with Crippen molar-refractivity contribution in [2.75, 3.05) is 13.1 Å². The molecule has 1 aliphatic rings. The number of aromatic nitrogens is 2. The molecule has 1 aliphatic heterocycles. The predicted octanol–water partition coefficient (Wildman–Crippen LogP) is 2.47. The van der Waals surface area contributed by atoms with Gasteiger partial charge < -0.3 is 10.4 Å². The molecule has 0 bridgehead atoms. The molecule has 39 heavy (non-hydrogen) atoms. The first-order valence-electron chi connectivity index (χ1n) is 12.1. The summed E-state index contributed by atoms with van der Waals surface area (Å²) < 4.78 is 29.0. The van der Waals surface area contributed by atoms with Crippen LogP contribution in [0.25, 0.3) is 10.9 Å². The fourth-order valence-electron chi connectivity index (χ4n) is 4.19. The van der Waals surface area contributed by atoms with Crippen molar-refractivity contribution < 1.29 is 23.1 Å². The highest BCUT2D eigenvalue weighted by Gasteiger charge is 2.45. The van der Waals surface area contributed by atoms with E-state index in [0.29, 0.717) is 23.9 Å². The number of H-pyrrole nitrogens is 1. The molecule has 15 heteroatoms. The normalized spacial score (nSPS) is 17.1. The molecule has 0 spiro atoms. The second-order valence-electron chi connectivity index (χ2n) is 8.85.